The van der Waals surface area contributed by atoms with E-state index in [1.165, 1.54) is 18.4 Å². The Morgan fingerprint density at radius 1 is 1.44 bits per heavy atom. The number of nitrogens with zero attached hydrogens (tertiary/aromatic N) is 3. The van der Waals surface area contributed by atoms with E-state index in [-0.39, 0.29) is 0 Å². The fourth-order valence-electron chi connectivity index (χ4n) is 1.83. The minimum absolute atomic E-state index is 0.663. The van der Waals surface area contributed by atoms with E-state index in [2.05, 4.69) is 15.4 Å². The van der Waals surface area contributed by atoms with E-state index in [0.717, 1.165) is 24.7 Å². The molecule has 0 aliphatic heterocycles. The summed E-state index contributed by atoms with van der Waals surface area (Å²) >= 11 is 0. The number of rotatable bonds is 6. The van der Waals surface area contributed by atoms with Gasteiger partial charge in [-0.05, 0) is 37.3 Å². The molecule has 1 aliphatic carbocycles. The predicted octanol–water partition coefficient (Wildman–Crippen LogP) is 1.88. The van der Waals surface area contributed by atoms with E-state index in [9.17, 15) is 0 Å². The van der Waals surface area contributed by atoms with Crippen LogP contribution in [0.5, 0.6) is 0 Å². The second-order valence-corrected chi connectivity index (χ2v) is 4.89. The van der Waals surface area contributed by atoms with Gasteiger partial charge in [0.1, 0.15) is 0 Å². The number of ether oxygens (including phenoxy) is 1. The summed E-state index contributed by atoms with van der Waals surface area (Å²) in [6, 6.07) is 4.00. The average Bonchev–Trinajstić information content (AvgIpc) is 3.08. The van der Waals surface area contributed by atoms with E-state index in [1.807, 2.05) is 25.3 Å². The Morgan fingerprint density at radius 3 is 3.17 bits per heavy atom. The molecular formula is C13H18N4O. The maximum atomic E-state index is 5.55. The van der Waals surface area contributed by atoms with Gasteiger partial charge in [0.05, 0.1) is 6.61 Å². The van der Waals surface area contributed by atoms with Gasteiger partial charge in [0.25, 0.3) is 0 Å². The highest BCUT2D eigenvalue weighted by molar-refractivity contribution is 5.43. The molecule has 5 nitrogen and oxygen atoms in total. The lowest BCUT2D eigenvalue weighted by Gasteiger charge is -2.02. The molecule has 2 aromatic heterocycles. The third-order valence-electron chi connectivity index (χ3n) is 3.06. The van der Waals surface area contributed by atoms with E-state index in [0.29, 0.717) is 12.6 Å². The number of anilines is 1. The number of pyridine rings is 1. The normalized spacial score (nSPS) is 15.2. The number of fused-ring (bicyclic) bond motifs is 1. The summed E-state index contributed by atoms with van der Waals surface area (Å²) in [5, 5.41) is 7.54. The number of hydrogen-bond acceptors (Lipinski definition) is 4. The van der Waals surface area contributed by atoms with Gasteiger partial charge in [0.15, 0.2) is 5.65 Å². The van der Waals surface area contributed by atoms with Crippen molar-refractivity contribution in [3.8, 4) is 0 Å². The lowest BCUT2D eigenvalue weighted by molar-refractivity contribution is 0.133. The number of nitrogens with one attached hydrogen (secondary N) is 1. The van der Waals surface area contributed by atoms with Crippen LogP contribution in [0.2, 0.25) is 0 Å². The van der Waals surface area contributed by atoms with Crippen LogP contribution in [0, 0.1) is 12.8 Å². The van der Waals surface area contributed by atoms with Crippen molar-refractivity contribution in [2.45, 2.75) is 19.8 Å². The molecule has 2 aromatic rings. The Kier molecular flexibility index (Phi) is 3.15. The van der Waals surface area contributed by atoms with Crippen molar-refractivity contribution in [2.24, 2.45) is 5.92 Å². The first kappa shape index (κ1) is 11.5. The van der Waals surface area contributed by atoms with Crippen LogP contribution in [0.1, 0.15) is 18.4 Å². The zero-order valence-electron chi connectivity index (χ0n) is 10.6. The van der Waals surface area contributed by atoms with Crippen LogP contribution >= 0.6 is 0 Å². The molecule has 1 saturated carbocycles. The molecule has 0 saturated heterocycles. The molecule has 18 heavy (non-hydrogen) atoms. The summed E-state index contributed by atoms with van der Waals surface area (Å²) in [5.74, 6) is 1.48. The molecule has 2 heterocycles. The van der Waals surface area contributed by atoms with Crippen LogP contribution in [0.4, 0.5) is 5.95 Å². The van der Waals surface area contributed by atoms with Gasteiger partial charge in [0.2, 0.25) is 5.95 Å². The molecule has 0 aromatic carbocycles. The molecule has 0 radical (unpaired) electrons. The zero-order valence-corrected chi connectivity index (χ0v) is 10.6. The van der Waals surface area contributed by atoms with Crippen LogP contribution in [0.15, 0.2) is 18.3 Å². The third kappa shape index (κ3) is 2.79. The highest BCUT2D eigenvalue weighted by atomic mass is 16.5. The molecule has 0 unspecified atom stereocenters. The van der Waals surface area contributed by atoms with Gasteiger partial charge in [-0.3, -0.25) is 0 Å². The van der Waals surface area contributed by atoms with E-state index < -0.39 is 0 Å². The minimum Gasteiger partial charge on any atom is -0.379 e. The Bertz CT molecular complexity index is 533. The summed E-state index contributed by atoms with van der Waals surface area (Å²) in [6.45, 7) is 4.41. The first-order valence-corrected chi connectivity index (χ1v) is 6.46. The van der Waals surface area contributed by atoms with Gasteiger partial charge in [-0.25, -0.2) is 4.52 Å². The molecule has 0 spiro atoms. The topological polar surface area (TPSA) is 51.5 Å². The van der Waals surface area contributed by atoms with Gasteiger partial charge in [-0.15, -0.1) is 5.10 Å². The highest BCUT2D eigenvalue weighted by Crippen LogP contribution is 2.28. The molecule has 0 atom stereocenters. The summed E-state index contributed by atoms with van der Waals surface area (Å²) in [5.41, 5.74) is 2.04. The van der Waals surface area contributed by atoms with Crippen molar-refractivity contribution >= 4 is 11.6 Å². The minimum atomic E-state index is 0.663. The highest BCUT2D eigenvalue weighted by Gasteiger charge is 2.20. The monoisotopic (exact) mass is 246 g/mol. The first-order valence-electron chi connectivity index (χ1n) is 6.46. The van der Waals surface area contributed by atoms with Gasteiger partial charge in [0, 0.05) is 19.3 Å². The Hall–Kier alpha value is -1.62. The number of aromatic nitrogens is 3. The molecule has 0 amide bonds. The molecule has 1 N–H and O–H groups in total. The zero-order chi connectivity index (χ0) is 12.4. The third-order valence-corrected chi connectivity index (χ3v) is 3.06. The summed E-state index contributed by atoms with van der Waals surface area (Å²) in [4.78, 5) is 4.38. The van der Waals surface area contributed by atoms with Crippen molar-refractivity contribution in [2.75, 3.05) is 25.1 Å². The largest absolute Gasteiger partial charge is 0.379 e. The van der Waals surface area contributed by atoms with E-state index in [4.69, 9.17) is 4.74 Å². The predicted molar refractivity (Wildman–Crippen MR) is 69.8 cm³/mol. The lowest BCUT2D eigenvalue weighted by Crippen LogP contribution is -2.11. The maximum absolute atomic E-state index is 5.55. The van der Waals surface area contributed by atoms with Crippen molar-refractivity contribution in [1.82, 2.24) is 14.6 Å². The molecule has 5 heteroatoms. The summed E-state index contributed by atoms with van der Waals surface area (Å²) in [6.07, 6.45) is 4.64. The van der Waals surface area contributed by atoms with Crippen LogP contribution in [0.25, 0.3) is 5.65 Å². The molecule has 0 bridgehead atoms. The van der Waals surface area contributed by atoms with Crippen LogP contribution in [-0.2, 0) is 4.74 Å². The van der Waals surface area contributed by atoms with Crippen molar-refractivity contribution < 1.29 is 4.74 Å². The van der Waals surface area contributed by atoms with Gasteiger partial charge in [-0.2, -0.15) is 4.98 Å². The standard InChI is InChI=1S/C13H18N4O/c1-10-2-5-12-15-13(16-17(12)8-10)14-6-7-18-9-11-3-4-11/h2,5,8,11H,3-4,6-7,9H2,1H3,(H,14,16). The van der Waals surface area contributed by atoms with Crippen molar-refractivity contribution in [1.29, 1.82) is 0 Å². The number of hydrogen-bond donors (Lipinski definition) is 1. The van der Waals surface area contributed by atoms with Gasteiger partial charge in [-0.1, -0.05) is 6.07 Å². The maximum Gasteiger partial charge on any atom is 0.243 e. The van der Waals surface area contributed by atoms with E-state index >= 15 is 0 Å². The second kappa shape index (κ2) is 4.94. The van der Waals surface area contributed by atoms with Crippen molar-refractivity contribution in [3.05, 3.63) is 23.9 Å². The van der Waals surface area contributed by atoms with Crippen LogP contribution in [0.3, 0.4) is 0 Å². The van der Waals surface area contributed by atoms with Gasteiger partial charge < -0.3 is 10.1 Å². The Morgan fingerprint density at radius 2 is 2.33 bits per heavy atom. The van der Waals surface area contributed by atoms with Crippen LogP contribution in [-0.4, -0.2) is 34.4 Å². The fourth-order valence-corrected chi connectivity index (χ4v) is 1.83. The number of aryl methyl sites for hydroxylation is 1. The fraction of sp³-hybridized carbons (Fsp3) is 0.538. The Balaban J connectivity index is 1.50. The van der Waals surface area contributed by atoms with Gasteiger partial charge >= 0.3 is 0 Å². The first-order chi connectivity index (χ1) is 8.81. The van der Waals surface area contributed by atoms with E-state index in [1.54, 1.807) is 4.52 Å². The lowest BCUT2D eigenvalue weighted by atomic mass is 10.3. The smallest absolute Gasteiger partial charge is 0.243 e. The second-order valence-electron chi connectivity index (χ2n) is 4.89. The molecule has 3 rings (SSSR count). The molecule has 96 valence electrons. The summed E-state index contributed by atoms with van der Waals surface area (Å²) < 4.78 is 7.34. The Labute approximate surface area is 106 Å². The van der Waals surface area contributed by atoms with Crippen LogP contribution < -0.4 is 5.32 Å². The quantitative estimate of drug-likeness (QED) is 0.791. The molecular weight excluding hydrogens is 228 g/mol. The average molecular weight is 246 g/mol. The van der Waals surface area contributed by atoms with Crippen molar-refractivity contribution in [3.63, 3.8) is 0 Å². The summed E-state index contributed by atoms with van der Waals surface area (Å²) in [7, 11) is 0. The molecule has 1 aliphatic rings. The SMILES string of the molecule is Cc1ccc2nc(NCCOCC3CC3)nn2c1. The molecule has 1 fully saturated rings.